The van der Waals surface area contributed by atoms with Gasteiger partial charge in [0.1, 0.15) is 18.1 Å². The largest absolute Gasteiger partial charge is 0.471 e. The van der Waals surface area contributed by atoms with E-state index in [1.807, 2.05) is 13.0 Å². The highest BCUT2D eigenvalue weighted by atomic mass is 19.3. The molecule has 0 unspecified atom stereocenters. The van der Waals surface area contributed by atoms with Gasteiger partial charge in [-0.1, -0.05) is 6.07 Å². The van der Waals surface area contributed by atoms with Crippen LogP contribution in [0, 0.1) is 12.7 Å². The van der Waals surface area contributed by atoms with Crippen molar-refractivity contribution in [1.82, 2.24) is 4.98 Å². The molecule has 1 aromatic heterocycles. The topological polar surface area (TPSA) is 72.9 Å². The molecule has 0 radical (unpaired) electrons. The van der Waals surface area contributed by atoms with Gasteiger partial charge in [0.2, 0.25) is 5.88 Å². The third-order valence-corrected chi connectivity index (χ3v) is 3.20. The van der Waals surface area contributed by atoms with Crippen LogP contribution in [0.15, 0.2) is 46.6 Å². The minimum atomic E-state index is -3.30. The number of alkyl halides is 2. The van der Waals surface area contributed by atoms with E-state index in [4.69, 9.17) is 10.6 Å². The Kier molecular flexibility index (Phi) is 5.74. The van der Waals surface area contributed by atoms with Crippen LogP contribution in [0.25, 0.3) is 0 Å². The molecule has 1 heterocycles. The molecule has 8 heteroatoms. The summed E-state index contributed by atoms with van der Waals surface area (Å²) in [5.41, 5.74) is 0.666. The minimum absolute atomic E-state index is 0.00590. The van der Waals surface area contributed by atoms with E-state index < -0.39 is 17.3 Å². The molecule has 5 nitrogen and oxygen atoms in total. The van der Waals surface area contributed by atoms with Gasteiger partial charge >= 0.3 is 0 Å². The fourth-order valence-electron chi connectivity index (χ4n) is 1.87. The number of aromatic nitrogens is 1. The van der Waals surface area contributed by atoms with E-state index in [0.717, 1.165) is 17.7 Å². The van der Waals surface area contributed by atoms with Gasteiger partial charge in [-0.05, 0) is 30.7 Å². The summed E-state index contributed by atoms with van der Waals surface area (Å²) in [5, 5.41) is 3.52. The highest BCUT2D eigenvalue weighted by molar-refractivity contribution is 6.31. The molecule has 0 amide bonds. The van der Waals surface area contributed by atoms with Crippen molar-refractivity contribution < 1.29 is 17.9 Å². The molecule has 0 saturated heterocycles. The van der Waals surface area contributed by atoms with Crippen molar-refractivity contribution in [2.75, 3.05) is 6.61 Å². The number of nitrogens with zero attached hydrogens (tertiary/aromatic N) is 3. The highest BCUT2D eigenvalue weighted by Crippen LogP contribution is 2.31. The number of nitrogens with two attached hydrogens (primary N) is 1. The summed E-state index contributed by atoms with van der Waals surface area (Å²) >= 11 is 0. The van der Waals surface area contributed by atoms with Crippen molar-refractivity contribution in [3.05, 3.63) is 53.5 Å². The van der Waals surface area contributed by atoms with E-state index in [-0.39, 0.29) is 18.0 Å². The first-order valence-electron chi connectivity index (χ1n) is 7.33. The number of rotatable bonds is 6. The second-order valence-corrected chi connectivity index (χ2v) is 5.39. The van der Waals surface area contributed by atoms with Crippen LogP contribution in [0.5, 0.6) is 5.88 Å². The maximum atomic E-state index is 13.5. The van der Waals surface area contributed by atoms with Gasteiger partial charge < -0.3 is 10.6 Å². The van der Waals surface area contributed by atoms with E-state index in [1.165, 1.54) is 12.3 Å². The van der Waals surface area contributed by atoms with Crippen LogP contribution < -0.4 is 10.6 Å². The first-order valence-corrected chi connectivity index (χ1v) is 7.33. The lowest BCUT2D eigenvalue weighted by Gasteiger charge is -2.11. The predicted octanol–water partition coefficient (Wildman–Crippen LogP) is 3.74. The van der Waals surface area contributed by atoms with Crippen molar-refractivity contribution in [2.24, 2.45) is 15.9 Å². The fourth-order valence-corrected chi connectivity index (χ4v) is 1.87. The molecule has 1 aromatic carbocycles. The number of benzene rings is 1. The Morgan fingerprint density at radius 1 is 1.32 bits per heavy atom. The third kappa shape index (κ3) is 5.30. The number of aryl methyl sites for hydroxylation is 1. The van der Waals surface area contributed by atoms with Crippen LogP contribution in [-0.4, -0.2) is 23.5 Å². The van der Waals surface area contributed by atoms with Crippen LogP contribution in [0.1, 0.15) is 18.1 Å². The van der Waals surface area contributed by atoms with Crippen molar-refractivity contribution in [1.29, 1.82) is 0 Å². The van der Waals surface area contributed by atoms with Gasteiger partial charge in [-0.25, -0.2) is 18.2 Å². The Bertz CT molecular complexity index is 783. The van der Waals surface area contributed by atoms with Gasteiger partial charge in [0.25, 0.3) is 5.92 Å². The number of hydrogen-bond acceptors (Lipinski definition) is 5. The quantitative estimate of drug-likeness (QED) is 0.490. The first kappa shape index (κ1) is 18.4. The lowest BCUT2D eigenvalue weighted by atomic mass is 10.1. The van der Waals surface area contributed by atoms with Crippen LogP contribution >= 0.6 is 0 Å². The monoisotopic (exact) mass is 350 g/mol. The average molecular weight is 350 g/mol. The molecule has 0 spiro atoms. The van der Waals surface area contributed by atoms with E-state index >= 15 is 0 Å². The Morgan fingerprint density at radius 2 is 2.08 bits per heavy atom. The van der Waals surface area contributed by atoms with Crippen molar-refractivity contribution in [3.8, 4) is 5.88 Å². The molecule has 2 rings (SSSR count). The molecule has 2 N–H and O–H groups in total. The molecule has 0 atom stereocenters. The molecule has 0 aliphatic heterocycles. The highest BCUT2D eigenvalue weighted by Gasteiger charge is 2.28. The molecule has 0 bridgehead atoms. The third-order valence-electron chi connectivity index (χ3n) is 3.20. The van der Waals surface area contributed by atoms with Crippen molar-refractivity contribution in [3.63, 3.8) is 0 Å². The maximum Gasteiger partial charge on any atom is 0.273 e. The number of hydrogen-bond donors (Lipinski definition) is 1. The summed E-state index contributed by atoms with van der Waals surface area (Å²) in [4.78, 5) is 8.05. The van der Waals surface area contributed by atoms with Crippen LogP contribution in [0.2, 0.25) is 0 Å². The molecular weight excluding hydrogens is 333 g/mol. The van der Waals surface area contributed by atoms with Crippen molar-refractivity contribution >= 4 is 17.6 Å². The zero-order valence-electron chi connectivity index (χ0n) is 13.7. The summed E-state index contributed by atoms with van der Waals surface area (Å²) in [7, 11) is 0. The Hall–Kier alpha value is -2.90. The smallest absolute Gasteiger partial charge is 0.273 e. The SMILES string of the molecule is Cc1ccc(OCC(C=Nc2ccc(F)c(C(C)(F)F)c2)=NN)nc1. The van der Waals surface area contributed by atoms with E-state index in [0.29, 0.717) is 12.8 Å². The molecule has 0 fully saturated rings. The number of hydrazone groups is 1. The summed E-state index contributed by atoms with van der Waals surface area (Å²) in [5.74, 6) is 1.35. The summed E-state index contributed by atoms with van der Waals surface area (Å²) in [6.45, 7) is 2.51. The minimum Gasteiger partial charge on any atom is -0.471 e. The summed E-state index contributed by atoms with van der Waals surface area (Å²) in [6, 6.07) is 6.71. The van der Waals surface area contributed by atoms with Crippen LogP contribution in [0.3, 0.4) is 0 Å². The number of ether oxygens (including phenoxy) is 1. The van der Waals surface area contributed by atoms with Gasteiger partial charge in [-0.2, -0.15) is 5.10 Å². The summed E-state index contributed by atoms with van der Waals surface area (Å²) in [6.07, 6.45) is 2.91. The second-order valence-electron chi connectivity index (χ2n) is 5.39. The number of aliphatic imine (C=N–C) groups is 1. The van der Waals surface area contributed by atoms with Gasteiger partial charge in [0.05, 0.1) is 17.5 Å². The molecule has 0 saturated carbocycles. The number of pyridine rings is 1. The maximum absolute atomic E-state index is 13.5. The molecule has 2 aromatic rings. The van der Waals surface area contributed by atoms with E-state index in [2.05, 4.69) is 15.1 Å². The summed E-state index contributed by atoms with van der Waals surface area (Å²) < 4.78 is 45.5. The number of halogens is 3. The lowest BCUT2D eigenvalue weighted by molar-refractivity contribution is 0.0138. The van der Waals surface area contributed by atoms with Gasteiger partial charge in [-0.3, -0.25) is 4.99 Å². The zero-order chi connectivity index (χ0) is 18.4. The lowest BCUT2D eigenvalue weighted by Crippen LogP contribution is -2.15. The van der Waals surface area contributed by atoms with Crippen molar-refractivity contribution in [2.45, 2.75) is 19.8 Å². The van der Waals surface area contributed by atoms with Gasteiger partial charge in [0.15, 0.2) is 0 Å². The van der Waals surface area contributed by atoms with Gasteiger partial charge in [0, 0.05) is 19.2 Å². The van der Waals surface area contributed by atoms with E-state index in [9.17, 15) is 13.2 Å². The molecular formula is C17H17F3N4O. The standard InChI is InChI=1S/C17H17F3N4O/c1-11-3-6-16(23-8-11)25-10-13(24-21)9-22-12-4-5-15(18)14(7-12)17(2,19)20/h3-9H,10,21H2,1-2H3. The Balaban J connectivity index is 2.07. The fraction of sp³-hybridized carbons (Fsp3) is 0.235. The Morgan fingerprint density at radius 3 is 2.68 bits per heavy atom. The second kappa shape index (κ2) is 7.78. The zero-order valence-corrected chi connectivity index (χ0v) is 13.7. The molecule has 25 heavy (non-hydrogen) atoms. The Labute approximate surface area is 143 Å². The predicted molar refractivity (Wildman–Crippen MR) is 90.2 cm³/mol. The molecule has 0 aliphatic rings. The average Bonchev–Trinajstić information content (AvgIpc) is 2.57. The molecule has 0 aliphatic carbocycles. The molecule has 132 valence electrons. The first-order chi connectivity index (χ1) is 11.8. The van der Waals surface area contributed by atoms with Gasteiger partial charge in [-0.15, -0.1) is 0 Å². The van der Waals surface area contributed by atoms with Crippen LogP contribution in [-0.2, 0) is 5.92 Å². The normalized spacial score (nSPS) is 12.6. The van der Waals surface area contributed by atoms with Crippen LogP contribution in [0.4, 0.5) is 18.9 Å². The van der Waals surface area contributed by atoms with E-state index in [1.54, 1.807) is 12.3 Å².